The summed E-state index contributed by atoms with van der Waals surface area (Å²) in [5.74, 6) is 0.623. The van der Waals surface area contributed by atoms with Gasteiger partial charge in [-0.3, -0.25) is 4.79 Å². The van der Waals surface area contributed by atoms with Crippen LogP contribution in [0.25, 0.3) is 6.08 Å². The zero-order valence-corrected chi connectivity index (χ0v) is 14.9. The van der Waals surface area contributed by atoms with Gasteiger partial charge in [-0.05, 0) is 43.2 Å². The fraction of sp³-hybridized carbons (Fsp3) is 0.429. The quantitative estimate of drug-likeness (QED) is 0.863. The topological polar surface area (TPSA) is 58.2 Å². The summed E-state index contributed by atoms with van der Waals surface area (Å²) in [5, 5.41) is 0. The molecule has 1 aromatic heterocycles. The largest absolute Gasteiger partial charge is 0.375 e. The van der Waals surface area contributed by atoms with Crippen LogP contribution >= 0.6 is 0 Å². The van der Waals surface area contributed by atoms with Gasteiger partial charge in [-0.15, -0.1) is 0 Å². The molecule has 2 fully saturated rings. The summed E-state index contributed by atoms with van der Waals surface area (Å²) in [6.45, 7) is 2.33. The van der Waals surface area contributed by atoms with Crippen LogP contribution in [0, 0.1) is 0 Å². The third-order valence-electron chi connectivity index (χ3n) is 5.68. The molecule has 3 heterocycles. The van der Waals surface area contributed by atoms with Crippen LogP contribution in [0.15, 0.2) is 48.9 Å². The van der Waals surface area contributed by atoms with Gasteiger partial charge >= 0.3 is 0 Å². The third kappa shape index (κ3) is 3.73. The first-order chi connectivity index (χ1) is 12.7. The number of H-pyrrole nitrogens is 1. The Morgan fingerprint density at radius 3 is 2.81 bits per heavy atom. The minimum Gasteiger partial charge on any atom is -0.375 e. The number of nitrogens with one attached hydrogen (secondary N) is 1. The molecule has 5 heteroatoms. The maximum atomic E-state index is 12.4. The number of rotatable bonds is 3. The van der Waals surface area contributed by atoms with Crippen LogP contribution in [0.1, 0.15) is 42.9 Å². The molecule has 0 aliphatic carbocycles. The van der Waals surface area contributed by atoms with Gasteiger partial charge in [0.15, 0.2) is 0 Å². The molecule has 136 valence electrons. The number of benzene rings is 1. The van der Waals surface area contributed by atoms with Gasteiger partial charge in [-0.2, -0.15) is 0 Å². The van der Waals surface area contributed by atoms with Crippen molar-refractivity contribution < 1.29 is 9.53 Å². The van der Waals surface area contributed by atoms with E-state index in [2.05, 4.69) is 40.3 Å². The Bertz CT molecular complexity index is 747. The minimum absolute atomic E-state index is 0.0601. The number of nitrogens with zero attached hydrogens (tertiary/aromatic N) is 2. The van der Waals surface area contributed by atoms with Crippen molar-refractivity contribution in [3.63, 3.8) is 0 Å². The summed E-state index contributed by atoms with van der Waals surface area (Å²) < 4.78 is 6.24. The van der Waals surface area contributed by atoms with Gasteiger partial charge < -0.3 is 14.6 Å². The van der Waals surface area contributed by atoms with Gasteiger partial charge in [0.05, 0.1) is 23.8 Å². The van der Waals surface area contributed by atoms with Gasteiger partial charge in [-0.25, -0.2) is 4.98 Å². The smallest absolute Gasteiger partial charge is 0.246 e. The summed E-state index contributed by atoms with van der Waals surface area (Å²) in [5.41, 5.74) is 2.19. The van der Waals surface area contributed by atoms with Crippen molar-refractivity contribution in [3.05, 3.63) is 60.2 Å². The van der Waals surface area contributed by atoms with E-state index < -0.39 is 0 Å². The number of aromatic nitrogens is 2. The highest BCUT2D eigenvalue weighted by atomic mass is 16.5. The number of piperidine rings is 1. The van der Waals surface area contributed by atoms with Crippen LogP contribution < -0.4 is 0 Å². The molecule has 1 spiro atoms. The first-order valence-electron chi connectivity index (χ1n) is 9.38. The van der Waals surface area contributed by atoms with Crippen LogP contribution in [0.5, 0.6) is 0 Å². The normalized spacial score (nSPS) is 22.8. The highest BCUT2D eigenvalue weighted by Crippen LogP contribution is 2.41. The van der Waals surface area contributed by atoms with Crippen molar-refractivity contribution in [3.8, 4) is 0 Å². The lowest BCUT2D eigenvalue weighted by Gasteiger charge is -2.46. The first kappa shape index (κ1) is 17.0. The van der Waals surface area contributed by atoms with Crippen molar-refractivity contribution in [1.29, 1.82) is 0 Å². The Morgan fingerprint density at radius 2 is 2.08 bits per heavy atom. The highest BCUT2D eigenvalue weighted by molar-refractivity contribution is 5.91. The number of carbonyl (C=O) groups excluding carboxylic acids is 1. The van der Waals surface area contributed by atoms with E-state index in [4.69, 9.17) is 4.74 Å². The molecule has 0 radical (unpaired) electrons. The van der Waals surface area contributed by atoms with E-state index in [1.165, 1.54) is 5.56 Å². The molecular formula is C21H25N3O2. The molecule has 0 unspecified atom stereocenters. The Morgan fingerprint density at radius 1 is 1.27 bits per heavy atom. The van der Waals surface area contributed by atoms with Gasteiger partial charge in [0, 0.05) is 25.8 Å². The van der Waals surface area contributed by atoms with Gasteiger partial charge in [-0.1, -0.05) is 30.3 Å². The van der Waals surface area contributed by atoms with E-state index in [9.17, 15) is 4.79 Å². The molecule has 1 atom stereocenters. The Hall–Kier alpha value is -2.40. The Balaban J connectivity index is 1.35. The summed E-state index contributed by atoms with van der Waals surface area (Å²) in [6.07, 6.45) is 10.7. The van der Waals surface area contributed by atoms with E-state index in [0.29, 0.717) is 5.92 Å². The summed E-state index contributed by atoms with van der Waals surface area (Å²) in [4.78, 5) is 21.3. The van der Waals surface area contributed by atoms with E-state index in [0.717, 1.165) is 51.1 Å². The second kappa shape index (κ2) is 7.46. The summed E-state index contributed by atoms with van der Waals surface area (Å²) >= 11 is 0. The van der Waals surface area contributed by atoms with Crippen molar-refractivity contribution in [1.82, 2.24) is 14.9 Å². The molecule has 0 saturated carbocycles. The molecular weight excluding hydrogens is 326 g/mol. The fourth-order valence-corrected chi connectivity index (χ4v) is 4.14. The SMILES string of the molecule is O=C(/C=C/c1cnc[nH]1)N1CCC2(CC1)C[C@H](c1ccccc1)CCO2. The van der Waals surface area contributed by atoms with E-state index in [-0.39, 0.29) is 11.5 Å². The molecule has 0 bridgehead atoms. The van der Waals surface area contributed by atoms with E-state index in [1.807, 2.05) is 4.90 Å². The predicted octanol–water partition coefficient (Wildman–Crippen LogP) is 3.38. The number of imidazole rings is 1. The zero-order chi connectivity index (χ0) is 17.8. The van der Waals surface area contributed by atoms with Crippen molar-refractivity contribution in [2.75, 3.05) is 19.7 Å². The maximum Gasteiger partial charge on any atom is 0.246 e. The molecule has 2 aliphatic heterocycles. The van der Waals surface area contributed by atoms with Crippen LogP contribution in [0.4, 0.5) is 0 Å². The molecule has 4 rings (SSSR count). The van der Waals surface area contributed by atoms with Crippen molar-refractivity contribution >= 4 is 12.0 Å². The van der Waals surface area contributed by atoms with E-state index >= 15 is 0 Å². The number of carbonyl (C=O) groups is 1. The van der Waals surface area contributed by atoms with Crippen LogP contribution in [0.3, 0.4) is 0 Å². The minimum atomic E-state index is -0.0668. The Labute approximate surface area is 154 Å². The average molecular weight is 351 g/mol. The predicted molar refractivity (Wildman–Crippen MR) is 101 cm³/mol. The molecule has 1 N–H and O–H groups in total. The highest BCUT2D eigenvalue weighted by Gasteiger charge is 2.41. The number of aromatic amines is 1. The zero-order valence-electron chi connectivity index (χ0n) is 14.9. The first-order valence-corrected chi connectivity index (χ1v) is 9.38. The molecule has 1 amide bonds. The second-order valence-electron chi connectivity index (χ2n) is 7.30. The molecule has 1 aromatic carbocycles. The lowest BCUT2D eigenvalue weighted by atomic mass is 9.77. The van der Waals surface area contributed by atoms with Crippen LogP contribution in [-0.2, 0) is 9.53 Å². The average Bonchev–Trinajstić information content (AvgIpc) is 3.21. The van der Waals surface area contributed by atoms with Gasteiger partial charge in [0.1, 0.15) is 0 Å². The third-order valence-corrected chi connectivity index (χ3v) is 5.68. The second-order valence-corrected chi connectivity index (χ2v) is 7.30. The van der Waals surface area contributed by atoms with Gasteiger partial charge in [0.2, 0.25) is 5.91 Å². The molecule has 5 nitrogen and oxygen atoms in total. The molecule has 2 aromatic rings. The van der Waals surface area contributed by atoms with Crippen LogP contribution in [-0.4, -0.2) is 46.1 Å². The maximum absolute atomic E-state index is 12.4. The molecule has 2 aliphatic rings. The number of likely N-dealkylation sites (tertiary alicyclic amines) is 1. The Kier molecular flexibility index (Phi) is 4.89. The molecule has 26 heavy (non-hydrogen) atoms. The van der Waals surface area contributed by atoms with Gasteiger partial charge in [0.25, 0.3) is 0 Å². The lowest BCUT2D eigenvalue weighted by Crippen LogP contribution is -2.50. The van der Waals surface area contributed by atoms with Crippen LogP contribution in [0.2, 0.25) is 0 Å². The van der Waals surface area contributed by atoms with E-state index in [1.54, 1.807) is 24.7 Å². The summed E-state index contributed by atoms with van der Waals surface area (Å²) in [7, 11) is 0. The summed E-state index contributed by atoms with van der Waals surface area (Å²) in [6, 6.07) is 10.8. The number of amides is 1. The number of hydrogen-bond donors (Lipinski definition) is 1. The molecule has 2 saturated heterocycles. The number of hydrogen-bond acceptors (Lipinski definition) is 3. The van der Waals surface area contributed by atoms with Crippen molar-refractivity contribution in [2.45, 2.75) is 37.2 Å². The lowest BCUT2D eigenvalue weighted by molar-refractivity contribution is -0.139. The standard InChI is InChI=1S/C21H25N3O2/c25-20(7-6-19-15-22-16-23-19)24-11-9-21(10-12-24)14-18(8-13-26-21)17-4-2-1-3-5-17/h1-7,15-16,18H,8-14H2,(H,22,23)/b7-6+/t18-/m1/s1. The monoisotopic (exact) mass is 351 g/mol. The fourth-order valence-electron chi connectivity index (χ4n) is 4.14. The number of ether oxygens (including phenoxy) is 1. The van der Waals surface area contributed by atoms with Crippen molar-refractivity contribution in [2.24, 2.45) is 0 Å².